The summed E-state index contributed by atoms with van der Waals surface area (Å²) in [5.41, 5.74) is 4.87. The van der Waals surface area contributed by atoms with Crippen LogP contribution in [0.4, 0.5) is 0 Å². The molecule has 0 aliphatic heterocycles. The van der Waals surface area contributed by atoms with E-state index in [1.165, 1.54) is 0 Å². The second-order valence-electron chi connectivity index (χ2n) is 4.79. The van der Waals surface area contributed by atoms with Crippen molar-refractivity contribution >= 4 is 0 Å². The van der Waals surface area contributed by atoms with Gasteiger partial charge in [0.25, 0.3) is 0 Å². The van der Waals surface area contributed by atoms with Crippen LogP contribution < -0.4 is 4.74 Å². The Labute approximate surface area is 119 Å². The zero-order valence-corrected chi connectivity index (χ0v) is 12.2. The van der Waals surface area contributed by atoms with Gasteiger partial charge in [0.2, 0.25) is 0 Å². The highest BCUT2D eigenvalue weighted by molar-refractivity contribution is 5.64. The standard InChI is InChI=1S/C16H17N3O/c1-10-7-13(8-11(2)16(10)20-4)14-9-12(3)18-15(19-14)5-6-17/h7-9H,5H2,1-4H3. The summed E-state index contributed by atoms with van der Waals surface area (Å²) in [7, 11) is 1.68. The molecule has 2 rings (SSSR count). The van der Waals surface area contributed by atoms with E-state index in [4.69, 9.17) is 10.00 Å². The maximum Gasteiger partial charge on any atom is 0.143 e. The fourth-order valence-corrected chi connectivity index (χ4v) is 2.35. The van der Waals surface area contributed by atoms with Crippen molar-refractivity contribution in [3.63, 3.8) is 0 Å². The van der Waals surface area contributed by atoms with E-state index < -0.39 is 0 Å². The highest BCUT2D eigenvalue weighted by Gasteiger charge is 2.09. The van der Waals surface area contributed by atoms with Crippen molar-refractivity contribution < 1.29 is 4.74 Å². The van der Waals surface area contributed by atoms with Crippen LogP contribution in [0.5, 0.6) is 5.75 Å². The molecule has 20 heavy (non-hydrogen) atoms. The summed E-state index contributed by atoms with van der Waals surface area (Å²) in [5.74, 6) is 1.46. The van der Waals surface area contributed by atoms with Crippen LogP contribution in [0.1, 0.15) is 22.6 Å². The van der Waals surface area contributed by atoms with Crippen LogP contribution in [0.15, 0.2) is 18.2 Å². The van der Waals surface area contributed by atoms with Crippen LogP contribution >= 0.6 is 0 Å². The van der Waals surface area contributed by atoms with Gasteiger partial charge in [-0.3, -0.25) is 0 Å². The van der Waals surface area contributed by atoms with Crippen molar-refractivity contribution in [3.05, 3.63) is 40.8 Å². The van der Waals surface area contributed by atoms with Crippen molar-refractivity contribution in [1.82, 2.24) is 9.97 Å². The van der Waals surface area contributed by atoms with Crippen LogP contribution in [-0.4, -0.2) is 17.1 Å². The van der Waals surface area contributed by atoms with Crippen molar-refractivity contribution in [2.24, 2.45) is 0 Å². The van der Waals surface area contributed by atoms with Crippen LogP contribution in [0.2, 0.25) is 0 Å². The summed E-state index contributed by atoms with van der Waals surface area (Å²) in [4.78, 5) is 8.73. The molecule has 0 N–H and O–H groups in total. The molecule has 102 valence electrons. The van der Waals surface area contributed by atoms with Gasteiger partial charge >= 0.3 is 0 Å². The van der Waals surface area contributed by atoms with Crippen molar-refractivity contribution in [3.8, 4) is 23.1 Å². The third-order valence-corrected chi connectivity index (χ3v) is 3.10. The summed E-state index contributed by atoms with van der Waals surface area (Å²) in [5, 5.41) is 8.78. The maximum atomic E-state index is 8.78. The minimum atomic E-state index is 0.225. The molecule has 1 aromatic carbocycles. The number of rotatable bonds is 3. The van der Waals surface area contributed by atoms with E-state index in [2.05, 4.69) is 16.0 Å². The normalized spacial score (nSPS) is 10.2. The van der Waals surface area contributed by atoms with Gasteiger partial charge in [0, 0.05) is 11.3 Å². The number of benzene rings is 1. The summed E-state index contributed by atoms with van der Waals surface area (Å²) in [6.45, 7) is 5.94. The second-order valence-corrected chi connectivity index (χ2v) is 4.79. The van der Waals surface area contributed by atoms with Gasteiger partial charge in [-0.05, 0) is 50.1 Å². The first kappa shape index (κ1) is 14.0. The van der Waals surface area contributed by atoms with Gasteiger partial charge in [0.05, 0.1) is 25.3 Å². The Kier molecular flexibility index (Phi) is 3.99. The number of hydrogen-bond donors (Lipinski definition) is 0. The van der Waals surface area contributed by atoms with Crippen LogP contribution in [-0.2, 0) is 6.42 Å². The Balaban J connectivity index is 2.54. The molecule has 2 aromatic rings. The predicted octanol–water partition coefficient (Wildman–Crippen LogP) is 3.14. The average Bonchev–Trinajstić information content (AvgIpc) is 2.38. The molecule has 4 heteroatoms. The van der Waals surface area contributed by atoms with E-state index in [0.29, 0.717) is 5.82 Å². The van der Waals surface area contributed by atoms with E-state index >= 15 is 0 Å². The van der Waals surface area contributed by atoms with E-state index in [0.717, 1.165) is 33.8 Å². The summed E-state index contributed by atoms with van der Waals surface area (Å²) >= 11 is 0. The molecule has 0 saturated heterocycles. The molecule has 1 heterocycles. The number of aryl methyl sites for hydroxylation is 3. The fraction of sp³-hybridized carbons (Fsp3) is 0.312. The van der Waals surface area contributed by atoms with Crippen molar-refractivity contribution in [2.75, 3.05) is 7.11 Å². The van der Waals surface area contributed by atoms with Crippen LogP contribution in [0, 0.1) is 32.1 Å². The third-order valence-electron chi connectivity index (χ3n) is 3.10. The quantitative estimate of drug-likeness (QED) is 0.857. The van der Waals surface area contributed by atoms with Crippen molar-refractivity contribution in [2.45, 2.75) is 27.2 Å². The largest absolute Gasteiger partial charge is 0.496 e. The molecule has 0 unspecified atom stereocenters. The van der Waals surface area contributed by atoms with Crippen LogP contribution in [0.25, 0.3) is 11.3 Å². The first-order valence-electron chi connectivity index (χ1n) is 6.42. The molecule has 0 amide bonds. The topological polar surface area (TPSA) is 58.8 Å². The van der Waals surface area contributed by atoms with Crippen molar-refractivity contribution in [1.29, 1.82) is 5.26 Å². The number of nitrogens with zero attached hydrogens (tertiary/aromatic N) is 3. The molecular formula is C16H17N3O. The zero-order valence-electron chi connectivity index (χ0n) is 12.2. The first-order valence-corrected chi connectivity index (χ1v) is 6.42. The van der Waals surface area contributed by atoms with E-state index in [1.54, 1.807) is 7.11 Å². The maximum absolute atomic E-state index is 8.78. The SMILES string of the molecule is COc1c(C)cc(-c2cc(C)nc(CC#N)n2)cc1C. The highest BCUT2D eigenvalue weighted by atomic mass is 16.5. The first-order chi connectivity index (χ1) is 9.55. The lowest BCUT2D eigenvalue weighted by Crippen LogP contribution is -1.99. The Morgan fingerprint density at radius 1 is 1.10 bits per heavy atom. The lowest BCUT2D eigenvalue weighted by Gasteiger charge is -2.11. The lowest BCUT2D eigenvalue weighted by molar-refractivity contribution is 0.408. The molecular weight excluding hydrogens is 250 g/mol. The zero-order chi connectivity index (χ0) is 14.7. The molecule has 0 bridgehead atoms. The molecule has 4 nitrogen and oxygen atoms in total. The fourth-order valence-electron chi connectivity index (χ4n) is 2.35. The Morgan fingerprint density at radius 2 is 1.75 bits per heavy atom. The monoisotopic (exact) mass is 267 g/mol. The number of ether oxygens (including phenoxy) is 1. The number of nitriles is 1. The Hall–Kier alpha value is -2.41. The molecule has 0 radical (unpaired) electrons. The Bertz CT molecular complexity index is 664. The Morgan fingerprint density at radius 3 is 2.30 bits per heavy atom. The molecule has 0 saturated carbocycles. The van der Waals surface area contributed by atoms with Gasteiger partial charge in [0.1, 0.15) is 11.6 Å². The third kappa shape index (κ3) is 2.77. The van der Waals surface area contributed by atoms with Gasteiger partial charge in [-0.1, -0.05) is 0 Å². The number of methoxy groups -OCH3 is 1. The van der Waals surface area contributed by atoms with E-state index in [-0.39, 0.29) is 6.42 Å². The molecule has 1 aromatic heterocycles. The molecule has 0 aliphatic carbocycles. The van der Waals surface area contributed by atoms with E-state index in [9.17, 15) is 0 Å². The van der Waals surface area contributed by atoms with Gasteiger partial charge in [-0.2, -0.15) is 5.26 Å². The highest BCUT2D eigenvalue weighted by Crippen LogP contribution is 2.29. The number of hydrogen-bond acceptors (Lipinski definition) is 4. The smallest absolute Gasteiger partial charge is 0.143 e. The second kappa shape index (κ2) is 5.70. The number of aromatic nitrogens is 2. The molecule has 0 fully saturated rings. The molecule has 0 spiro atoms. The van der Waals surface area contributed by atoms with Gasteiger partial charge in [0.15, 0.2) is 0 Å². The van der Waals surface area contributed by atoms with Crippen LogP contribution in [0.3, 0.4) is 0 Å². The molecule has 0 aliphatic rings. The van der Waals surface area contributed by atoms with Gasteiger partial charge < -0.3 is 4.74 Å². The molecule has 0 atom stereocenters. The summed E-state index contributed by atoms with van der Waals surface area (Å²) in [6.07, 6.45) is 0.225. The summed E-state index contributed by atoms with van der Waals surface area (Å²) in [6, 6.07) is 8.11. The minimum Gasteiger partial charge on any atom is -0.496 e. The van der Waals surface area contributed by atoms with Gasteiger partial charge in [-0.15, -0.1) is 0 Å². The van der Waals surface area contributed by atoms with E-state index in [1.807, 2.05) is 39.0 Å². The minimum absolute atomic E-state index is 0.225. The lowest BCUT2D eigenvalue weighted by atomic mass is 10.0. The van der Waals surface area contributed by atoms with Gasteiger partial charge in [-0.25, -0.2) is 9.97 Å². The predicted molar refractivity (Wildman–Crippen MR) is 77.5 cm³/mol. The average molecular weight is 267 g/mol. The summed E-state index contributed by atoms with van der Waals surface area (Å²) < 4.78 is 5.38.